The normalized spacial score (nSPS) is 10.7. The third kappa shape index (κ3) is 3.80. The Morgan fingerprint density at radius 2 is 2.29 bits per heavy atom. The zero-order valence-electron chi connectivity index (χ0n) is 9.11. The Kier molecular flexibility index (Phi) is 4.53. The van der Waals surface area contributed by atoms with E-state index in [2.05, 4.69) is 31.6 Å². The molecule has 17 heavy (non-hydrogen) atoms. The van der Waals surface area contributed by atoms with Crippen molar-refractivity contribution in [3.8, 4) is 0 Å². The molecular weight excluding hydrogens is 304 g/mol. The predicted octanol–water partition coefficient (Wildman–Crippen LogP) is 2.48. The van der Waals surface area contributed by atoms with Crippen molar-refractivity contribution in [2.45, 2.75) is 13.1 Å². The maximum atomic E-state index is 5.92. The van der Waals surface area contributed by atoms with E-state index in [9.17, 15) is 0 Å². The fourth-order valence-electron chi connectivity index (χ4n) is 1.43. The SMILES string of the molecule is Clc1ccc(CNCCn2ccnn2)cc1Br. The van der Waals surface area contributed by atoms with Gasteiger partial charge in [-0.2, -0.15) is 0 Å². The van der Waals surface area contributed by atoms with Gasteiger partial charge >= 0.3 is 0 Å². The van der Waals surface area contributed by atoms with Gasteiger partial charge in [-0.25, -0.2) is 0 Å². The summed E-state index contributed by atoms with van der Waals surface area (Å²) < 4.78 is 2.72. The topological polar surface area (TPSA) is 42.7 Å². The molecule has 0 atom stereocenters. The van der Waals surface area contributed by atoms with Crippen molar-refractivity contribution < 1.29 is 0 Å². The van der Waals surface area contributed by atoms with E-state index in [4.69, 9.17) is 11.6 Å². The van der Waals surface area contributed by atoms with Gasteiger partial charge in [0, 0.05) is 23.8 Å². The van der Waals surface area contributed by atoms with E-state index in [0.29, 0.717) is 0 Å². The predicted molar refractivity (Wildman–Crippen MR) is 70.9 cm³/mol. The smallest absolute Gasteiger partial charge is 0.0692 e. The molecule has 4 nitrogen and oxygen atoms in total. The molecule has 0 aliphatic rings. The highest BCUT2D eigenvalue weighted by atomic mass is 79.9. The Morgan fingerprint density at radius 3 is 3.00 bits per heavy atom. The van der Waals surface area contributed by atoms with Crippen molar-refractivity contribution >= 4 is 27.5 Å². The molecule has 90 valence electrons. The number of nitrogens with one attached hydrogen (secondary N) is 1. The lowest BCUT2D eigenvalue weighted by Gasteiger charge is -2.06. The van der Waals surface area contributed by atoms with Crippen molar-refractivity contribution in [3.63, 3.8) is 0 Å². The van der Waals surface area contributed by atoms with Crippen LogP contribution in [-0.2, 0) is 13.1 Å². The largest absolute Gasteiger partial charge is 0.311 e. The number of nitrogens with zero attached hydrogens (tertiary/aromatic N) is 3. The molecule has 0 spiro atoms. The van der Waals surface area contributed by atoms with Gasteiger partial charge in [-0.05, 0) is 33.6 Å². The molecular formula is C11H12BrClN4. The Hall–Kier alpha value is -0.910. The number of hydrogen-bond donors (Lipinski definition) is 1. The van der Waals surface area contributed by atoms with Gasteiger partial charge in [0.15, 0.2) is 0 Å². The van der Waals surface area contributed by atoms with Crippen molar-refractivity contribution in [2.24, 2.45) is 0 Å². The minimum atomic E-state index is 0.733. The Balaban J connectivity index is 1.76. The van der Waals surface area contributed by atoms with Gasteiger partial charge in [-0.3, -0.25) is 4.68 Å². The summed E-state index contributed by atoms with van der Waals surface area (Å²) in [4.78, 5) is 0. The van der Waals surface area contributed by atoms with Crippen LogP contribution in [0.3, 0.4) is 0 Å². The quantitative estimate of drug-likeness (QED) is 0.862. The first-order valence-corrected chi connectivity index (χ1v) is 6.41. The zero-order chi connectivity index (χ0) is 12.1. The molecule has 0 bridgehead atoms. The Labute approximate surface area is 113 Å². The molecule has 0 saturated heterocycles. The fraction of sp³-hybridized carbons (Fsp3) is 0.273. The van der Waals surface area contributed by atoms with E-state index in [1.807, 2.05) is 24.4 Å². The molecule has 0 aliphatic carbocycles. The molecule has 1 N–H and O–H groups in total. The molecule has 0 radical (unpaired) electrons. The summed E-state index contributed by atoms with van der Waals surface area (Å²) in [5.41, 5.74) is 1.19. The van der Waals surface area contributed by atoms with E-state index in [1.165, 1.54) is 5.56 Å². The highest BCUT2D eigenvalue weighted by Gasteiger charge is 1.99. The molecule has 2 aromatic rings. The molecule has 0 saturated carbocycles. The standard InChI is InChI=1S/C11H12BrClN4/c12-10-7-9(1-2-11(10)13)8-14-3-5-17-6-4-15-16-17/h1-2,4,6-7,14H,3,5,8H2. The lowest BCUT2D eigenvalue weighted by Crippen LogP contribution is -2.19. The van der Waals surface area contributed by atoms with Crippen molar-refractivity contribution in [1.82, 2.24) is 20.3 Å². The second-order valence-corrected chi connectivity index (χ2v) is 4.85. The second kappa shape index (κ2) is 6.14. The molecule has 1 aromatic carbocycles. The number of rotatable bonds is 5. The van der Waals surface area contributed by atoms with E-state index in [1.54, 1.807) is 10.9 Å². The van der Waals surface area contributed by atoms with Gasteiger partial charge in [0.1, 0.15) is 0 Å². The summed E-state index contributed by atoms with van der Waals surface area (Å²) >= 11 is 9.33. The minimum absolute atomic E-state index is 0.733. The molecule has 0 aliphatic heterocycles. The first-order valence-electron chi connectivity index (χ1n) is 5.24. The second-order valence-electron chi connectivity index (χ2n) is 3.59. The molecule has 1 heterocycles. The van der Waals surface area contributed by atoms with E-state index in [0.717, 1.165) is 29.1 Å². The van der Waals surface area contributed by atoms with Crippen molar-refractivity contribution in [2.75, 3.05) is 6.54 Å². The number of hydrogen-bond acceptors (Lipinski definition) is 3. The summed E-state index contributed by atoms with van der Waals surface area (Å²) in [5.74, 6) is 0. The fourth-order valence-corrected chi connectivity index (χ4v) is 1.97. The summed E-state index contributed by atoms with van der Waals surface area (Å²) in [7, 11) is 0. The zero-order valence-corrected chi connectivity index (χ0v) is 11.4. The van der Waals surface area contributed by atoms with Crippen LogP contribution >= 0.6 is 27.5 Å². The van der Waals surface area contributed by atoms with Gasteiger partial charge in [0.2, 0.25) is 0 Å². The van der Waals surface area contributed by atoms with Crippen LogP contribution in [0.2, 0.25) is 5.02 Å². The Morgan fingerprint density at radius 1 is 1.41 bits per heavy atom. The molecule has 6 heteroatoms. The van der Waals surface area contributed by atoms with Crippen molar-refractivity contribution in [3.05, 3.63) is 45.7 Å². The first kappa shape index (κ1) is 12.5. The highest BCUT2D eigenvalue weighted by molar-refractivity contribution is 9.10. The molecule has 2 rings (SSSR count). The number of benzene rings is 1. The minimum Gasteiger partial charge on any atom is -0.311 e. The van der Waals surface area contributed by atoms with Gasteiger partial charge in [0.05, 0.1) is 17.8 Å². The summed E-state index contributed by atoms with van der Waals surface area (Å²) in [6, 6.07) is 5.92. The summed E-state index contributed by atoms with van der Waals surface area (Å²) in [6.07, 6.45) is 3.52. The lowest BCUT2D eigenvalue weighted by molar-refractivity contribution is 0.540. The Bertz CT molecular complexity index is 472. The van der Waals surface area contributed by atoms with E-state index < -0.39 is 0 Å². The molecule has 0 unspecified atom stereocenters. The van der Waals surface area contributed by atoms with Crippen LogP contribution in [0.4, 0.5) is 0 Å². The van der Waals surface area contributed by atoms with Crippen LogP contribution in [-0.4, -0.2) is 21.5 Å². The number of aromatic nitrogens is 3. The maximum absolute atomic E-state index is 5.92. The summed E-state index contributed by atoms with van der Waals surface area (Å²) in [6.45, 7) is 2.48. The molecule has 1 aromatic heterocycles. The van der Waals surface area contributed by atoms with Gasteiger partial charge < -0.3 is 5.32 Å². The van der Waals surface area contributed by atoms with Crippen LogP contribution in [0.25, 0.3) is 0 Å². The van der Waals surface area contributed by atoms with Crippen LogP contribution in [0.1, 0.15) is 5.56 Å². The van der Waals surface area contributed by atoms with Gasteiger partial charge in [-0.15, -0.1) is 5.10 Å². The maximum Gasteiger partial charge on any atom is 0.0692 e. The highest BCUT2D eigenvalue weighted by Crippen LogP contribution is 2.22. The molecule has 0 fully saturated rings. The van der Waals surface area contributed by atoms with Crippen LogP contribution in [0.5, 0.6) is 0 Å². The van der Waals surface area contributed by atoms with Crippen molar-refractivity contribution in [1.29, 1.82) is 0 Å². The average Bonchev–Trinajstić information content (AvgIpc) is 2.82. The average molecular weight is 316 g/mol. The monoisotopic (exact) mass is 314 g/mol. The van der Waals surface area contributed by atoms with Crippen LogP contribution < -0.4 is 5.32 Å². The lowest BCUT2D eigenvalue weighted by atomic mass is 10.2. The van der Waals surface area contributed by atoms with Crippen LogP contribution in [0.15, 0.2) is 35.1 Å². The third-order valence-electron chi connectivity index (χ3n) is 2.30. The molecule has 0 amide bonds. The van der Waals surface area contributed by atoms with Gasteiger partial charge in [0.25, 0.3) is 0 Å². The van der Waals surface area contributed by atoms with E-state index >= 15 is 0 Å². The van der Waals surface area contributed by atoms with Crippen LogP contribution in [0, 0.1) is 0 Å². The first-order chi connectivity index (χ1) is 8.25. The van der Waals surface area contributed by atoms with Gasteiger partial charge in [-0.1, -0.05) is 22.9 Å². The number of halogens is 2. The van der Waals surface area contributed by atoms with E-state index in [-0.39, 0.29) is 0 Å². The third-order valence-corrected chi connectivity index (χ3v) is 3.52. The summed E-state index contributed by atoms with van der Waals surface area (Å²) in [5, 5.41) is 11.7.